The van der Waals surface area contributed by atoms with Crippen molar-refractivity contribution in [3.63, 3.8) is 0 Å². The van der Waals surface area contributed by atoms with Crippen LogP contribution in [0.2, 0.25) is 0 Å². The molecule has 3 nitrogen and oxygen atoms in total. The number of aliphatic hydroxyl groups is 1. The van der Waals surface area contributed by atoms with Gasteiger partial charge in [0.1, 0.15) is 0 Å². The topological polar surface area (TPSA) is 46.5 Å². The lowest BCUT2D eigenvalue weighted by Gasteiger charge is -2.38. The normalized spacial score (nSPS) is 21.3. The van der Waals surface area contributed by atoms with Crippen molar-refractivity contribution >= 4 is 11.5 Å². The standard InChI is InChI=1S/C17H19F3O3/c1-2-23-15(21)16(22,17(18,19)20)14-11-7-6-10-13(14)12-8-4-3-5-9-12/h3-5,8-10,14,22H,2,6-7,11H2,1H3. The van der Waals surface area contributed by atoms with Crippen LogP contribution in [0.1, 0.15) is 31.7 Å². The van der Waals surface area contributed by atoms with Gasteiger partial charge in [-0.05, 0) is 37.3 Å². The van der Waals surface area contributed by atoms with E-state index in [0.29, 0.717) is 24.0 Å². The number of alkyl halides is 3. The van der Waals surface area contributed by atoms with Crippen LogP contribution in [-0.4, -0.2) is 29.5 Å². The van der Waals surface area contributed by atoms with Crippen molar-refractivity contribution in [3.8, 4) is 0 Å². The van der Waals surface area contributed by atoms with Gasteiger partial charge in [0.2, 0.25) is 0 Å². The number of carbonyl (C=O) groups is 1. The minimum absolute atomic E-state index is 0.0650. The number of rotatable bonds is 4. The van der Waals surface area contributed by atoms with Gasteiger partial charge in [-0.25, -0.2) is 4.79 Å². The van der Waals surface area contributed by atoms with E-state index in [4.69, 9.17) is 0 Å². The Labute approximate surface area is 132 Å². The molecule has 2 unspecified atom stereocenters. The molecule has 2 atom stereocenters. The van der Waals surface area contributed by atoms with Gasteiger partial charge < -0.3 is 9.84 Å². The summed E-state index contributed by atoms with van der Waals surface area (Å²) in [4.78, 5) is 12.0. The number of benzene rings is 1. The van der Waals surface area contributed by atoms with Gasteiger partial charge in [0.05, 0.1) is 6.61 Å². The highest BCUT2D eigenvalue weighted by atomic mass is 19.4. The summed E-state index contributed by atoms with van der Waals surface area (Å²) in [7, 11) is 0. The summed E-state index contributed by atoms with van der Waals surface area (Å²) in [5.41, 5.74) is -2.63. The second-order valence-corrected chi connectivity index (χ2v) is 5.49. The van der Waals surface area contributed by atoms with E-state index in [9.17, 15) is 23.1 Å². The average molecular weight is 328 g/mol. The highest BCUT2D eigenvalue weighted by Crippen LogP contribution is 2.47. The predicted molar refractivity (Wildman–Crippen MR) is 79.4 cm³/mol. The van der Waals surface area contributed by atoms with Crippen molar-refractivity contribution in [3.05, 3.63) is 42.0 Å². The molecule has 0 fully saturated rings. The van der Waals surface area contributed by atoms with Crippen LogP contribution in [0.5, 0.6) is 0 Å². The Morgan fingerprint density at radius 1 is 1.30 bits per heavy atom. The second kappa shape index (κ2) is 6.74. The molecule has 0 spiro atoms. The molecule has 0 amide bonds. The number of ether oxygens (including phenoxy) is 1. The molecule has 0 saturated carbocycles. The maximum Gasteiger partial charge on any atom is 0.428 e. The third kappa shape index (κ3) is 3.27. The van der Waals surface area contributed by atoms with Crippen molar-refractivity contribution in [1.82, 2.24) is 0 Å². The molecule has 6 heteroatoms. The van der Waals surface area contributed by atoms with Crippen molar-refractivity contribution in [2.24, 2.45) is 5.92 Å². The number of esters is 1. The summed E-state index contributed by atoms with van der Waals surface area (Å²) in [5.74, 6) is -3.01. The van der Waals surface area contributed by atoms with Crippen LogP contribution in [0.3, 0.4) is 0 Å². The van der Waals surface area contributed by atoms with E-state index in [0.717, 1.165) is 0 Å². The minimum Gasteiger partial charge on any atom is -0.464 e. The summed E-state index contributed by atoms with van der Waals surface area (Å²) in [5, 5.41) is 10.4. The number of hydrogen-bond donors (Lipinski definition) is 1. The Hall–Kier alpha value is -1.82. The molecule has 0 aliphatic heterocycles. The third-order valence-corrected chi connectivity index (χ3v) is 4.07. The maximum atomic E-state index is 13.6. The number of allylic oxidation sites excluding steroid dienone is 1. The zero-order valence-corrected chi connectivity index (χ0v) is 12.8. The molecular formula is C17H19F3O3. The third-order valence-electron chi connectivity index (χ3n) is 4.07. The first kappa shape index (κ1) is 17.5. The van der Waals surface area contributed by atoms with Gasteiger partial charge in [0, 0.05) is 5.92 Å². The Kier molecular flexibility index (Phi) is 5.14. The Bertz CT molecular complexity index is 580. The molecule has 1 aliphatic rings. The summed E-state index contributed by atoms with van der Waals surface area (Å²) < 4.78 is 45.3. The van der Waals surface area contributed by atoms with Crippen LogP contribution in [0, 0.1) is 5.92 Å². The quantitative estimate of drug-likeness (QED) is 0.857. The molecule has 0 saturated heterocycles. The van der Waals surface area contributed by atoms with Gasteiger partial charge in [0.25, 0.3) is 5.60 Å². The summed E-state index contributed by atoms with van der Waals surface area (Å²) in [6.07, 6.45) is -2.31. The molecule has 1 N–H and O–H groups in total. The van der Waals surface area contributed by atoms with E-state index >= 15 is 0 Å². The van der Waals surface area contributed by atoms with Gasteiger partial charge in [0.15, 0.2) is 0 Å². The van der Waals surface area contributed by atoms with Crippen molar-refractivity contribution in [1.29, 1.82) is 0 Å². The second-order valence-electron chi connectivity index (χ2n) is 5.49. The highest BCUT2D eigenvalue weighted by Gasteiger charge is 2.65. The van der Waals surface area contributed by atoms with Crippen LogP contribution in [0.4, 0.5) is 13.2 Å². The summed E-state index contributed by atoms with van der Waals surface area (Å²) in [6, 6.07) is 8.51. The van der Waals surface area contributed by atoms with E-state index in [1.807, 2.05) is 0 Å². The molecule has 1 aromatic carbocycles. The predicted octanol–water partition coefficient (Wildman–Crippen LogP) is 3.73. The van der Waals surface area contributed by atoms with Crippen molar-refractivity contribution in [2.75, 3.05) is 6.61 Å². The SMILES string of the molecule is CCOC(=O)C(O)(C1CCCC=C1c1ccccc1)C(F)(F)F. The van der Waals surface area contributed by atoms with E-state index < -0.39 is 23.7 Å². The van der Waals surface area contributed by atoms with Gasteiger partial charge in [-0.15, -0.1) is 0 Å². The van der Waals surface area contributed by atoms with Gasteiger partial charge in [-0.3, -0.25) is 0 Å². The number of hydrogen-bond acceptors (Lipinski definition) is 3. The van der Waals surface area contributed by atoms with Crippen LogP contribution >= 0.6 is 0 Å². The number of carbonyl (C=O) groups excluding carboxylic acids is 1. The fraction of sp³-hybridized carbons (Fsp3) is 0.471. The summed E-state index contributed by atoms with van der Waals surface area (Å²) >= 11 is 0. The van der Waals surface area contributed by atoms with Crippen LogP contribution in [0.15, 0.2) is 36.4 Å². The lowest BCUT2D eigenvalue weighted by molar-refractivity contribution is -0.273. The van der Waals surface area contributed by atoms with Crippen molar-refractivity contribution in [2.45, 2.75) is 38.0 Å². The molecule has 23 heavy (non-hydrogen) atoms. The minimum atomic E-state index is -5.12. The van der Waals surface area contributed by atoms with E-state index in [-0.39, 0.29) is 13.0 Å². The van der Waals surface area contributed by atoms with Gasteiger partial charge >= 0.3 is 12.1 Å². The first-order chi connectivity index (χ1) is 10.8. The zero-order chi connectivity index (χ0) is 17.1. The fourth-order valence-electron chi connectivity index (χ4n) is 2.96. The van der Waals surface area contributed by atoms with E-state index in [1.165, 1.54) is 6.92 Å². The molecular weight excluding hydrogens is 309 g/mol. The van der Waals surface area contributed by atoms with Gasteiger partial charge in [-0.2, -0.15) is 13.2 Å². The largest absolute Gasteiger partial charge is 0.464 e. The van der Waals surface area contributed by atoms with Crippen LogP contribution in [0.25, 0.3) is 5.57 Å². The first-order valence-electron chi connectivity index (χ1n) is 7.54. The van der Waals surface area contributed by atoms with Crippen LogP contribution in [-0.2, 0) is 9.53 Å². The highest BCUT2D eigenvalue weighted by molar-refractivity contribution is 5.85. The monoisotopic (exact) mass is 328 g/mol. The Morgan fingerprint density at radius 2 is 1.96 bits per heavy atom. The van der Waals surface area contributed by atoms with Gasteiger partial charge in [-0.1, -0.05) is 36.4 Å². The van der Waals surface area contributed by atoms with E-state index in [1.54, 1.807) is 36.4 Å². The van der Waals surface area contributed by atoms with E-state index in [2.05, 4.69) is 4.74 Å². The lowest BCUT2D eigenvalue weighted by Crippen LogP contribution is -2.58. The fourth-order valence-corrected chi connectivity index (χ4v) is 2.96. The molecule has 1 aliphatic carbocycles. The van der Waals surface area contributed by atoms with Crippen molar-refractivity contribution < 1.29 is 27.8 Å². The molecule has 0 aromatic heterocycles. The molecule has 0 radical (unpaired) electrons. The summed E-state index contributed by atoms with van der Waals surface area (Å²) in [6.45, 7) is 1.18. The smallest absolute Gasteiger partial charge is 0.428 e. The molecule has 2 rings (SSSR count). The average Bonchev–Trinajstić information content (AvgIpc) is 2.54. The zero-order valence-electron chi connectivity index (χ0n) is 12.8. The molecule has 0 bridgehead atoms. The molecule has 1 aromatic rings. The first-order valence-corrected chi connectivity index (χ1v) is 7.54. The number of halogens is 3. The van der Waals surface area contributed by atoms with Crippen LogP contribution < -0.4 is 0 Å². The maximum absolute atomic E-state index is 13.6. The molecule has 0 heterocycles. The molecule has 126 valence electrons. The Morgan fingerprint density at radius 3 is 2.52 bits per heavy atom. The Balaban J connectivity index is 2.50. The lowest BCUT2D eigenvalue weighted by atomic mass is 9.73.